The first-order valence-electron chi connectivity index (χ1n) is 13.4. The molecule has 0 fully saturated rings. The predicted octanol–water partition coefficient (Wildman–Crippen LogP) is 8.37. The molecular weight excluding hydrogens is 535 g/mol. The molecule has 0 radical (unpaired) electrons. The van der Waals surface area contributed by atoms with Gasteiger partial charge in [-0.25, -0.2) is 0 Å². The zero-order valence-corrected chi connectivity index (χ0v) is 24.6. The molecule has 5 rings (SSSR count). The maximum atomic E-state index is 13.6. The fourth-order valence-corrected chi connectivity index (χ4v) is 6.36. The fourth-order valence-electron chi connectivity index (χ4n) is 5.89. The van der Waals surface area contributed by atoms with E-state index in [2.05, 4.69) is 27.7 Å². The summed E-state index contributed by atoms with van der Waals surface area (Å²) < 4.78 is 18.5. The van der Waals surface area contributed by atoms with Crippen LogP contribution in [0.4, 0.5) is 0 Å². The standard InChI is InChI=1S/C32H34Cl2O5/c1-6-37-25-11-18(8-10-24(25)38-17-19-7-9-20(33)12-21(19)34)28-29-22(35)13-31(2,3)15-26(29)39-27-16-32(4,5)14-23(36)30(27)28/h7-12,28H,6,13-17H2,1-5H3. The highest BCUT2D eigenvalue weighted by atomic mass is 35.5. The molecule has 0 saturated heterocycles. The van der Waals surface area contributed by atoms with Crippen molar-refractivity contribution in [2.45, 2.75) is 72.8 Å². The highest BCUT2D eigenvalue weighted by Crippen LogP contribution is 2.53. The van der Waals surface area contributed by atoms with Crippen LogP contribution in [0.2, 0.25) is 10.0 Å². The maximum absolute atomic E-state index is 13.6. The number of carbonyl (C=O) groups is 2. The first-order chi connectivity index (χ1) is 18.4. The zero-order chi connectivity index (χ0) is 28.1. The van der Waals surface area contributed by atoms with Crippen molar-refractivity contribution in [1.29, 1.82) is 0 Å². The summed E-state index contributed by atoms with van der Waals surface area (Å²) in [5.41, 5.74) is 2.41. The van der Waals surface area contributed by atoms with Crippen molar-refractivity contribution >= 4 is 34.8 Å². The van der Waals surface area contributed by atoms with E-state index in [4.69, 9.17) is 37.4 Å². The second-order valence-corrected chi connectivity index (χ2v) is 13.1. The van der Waals surface area contributed by atoms with Gasteiger partial charge in [-0.15, -0.1) is 0 Å². The summed E-state index contributed by atoms with van der Waals surface area (Å²) in [6, 6.07) is 10.9. The summed E-state index contributed by atoms with van der Waals surface area (Å²) in [4.78, 5) is 27.2. The second-order valence-electron chi connectivity index (χ2n) is 12.3. The lowest BCUT2D eigenvalue weighted by Gasteiger charge is -2.42. The minimum atomic E-state index is -0.491. The quantitative estimate of drug-likeness (QED) is 0.350. The molecule has 5 nitrogen and oxygen atoms in total. The van der Waals surface area contributed by atoms with E-state index in [1.807, 2.05) is 31.2 Å². The highest BCUT2D eigenvalue weighted by Gasteiger charge is 2.47. The average Bonchev–Trinajstić information content (AvgIpc) is 2.81. The van der Waals surface area contributed by atoms with E-state index in [0.29, 0.717) is 76.5 Å². The van der Waals surface area contributed by atoms with E-state index < -0.39 is 5.92 Å². The van der Waals surface area contributed by atoms with Gasteiger partial charge in [0.25, 0.3) is 0 Å². The van der Waals surface area contributed by atoms with Crippen LogP contribution in [0.25, 0.3) is 0 Å². The molecule has 39 heavy (non-hydrogen) atoms. The van der Waals surface area contributed by atoms with Crippen molar-refractivity contribution in [3.63, 3.8) is 0 Å². The Morgan fingerprint density at radius 3 is 2.00 bits per heavy atom. The predicted molar refractivity (Wildman–Crippen MR) is 152 cm³/mol. The van der Waals surface area contributed by atoms with Crippen molar-refractivity contribution in [1.82, 2.24) is 0 Å². The monoisotopic (exact) mass is 568 g/mol. The first-order valence-corrected chi connectivity index (χ1v) is 14.2. The number of ether oxygens (including phenoxy) is 3. The molecular formula is C32H34Cl2O5. The number of Topliss-reactive ketones (excluding diaryl/α,β-unsaturated/α-hetero) is 2. The molecule has 7 heteroatoms. The Balaban J connectivity index is 1.56. The number of carbonyl (C=O) groups excluding carboxylic acids is 2. The van der Waals surface area contributed by atoms with Gasteiger partial charge in [-0.05, 0) is 47.6 Å². The Labute approximate surface area is 240 Å². The Morgan fingerprint density at radius 1 is 0.821 bits per heavy atom. The number of hydrogen-bond acceptors (Lipinski definition) is 5. The number of halogens is 2. The van der Waals surface area contributed by atoms with Crippen LogP contribution in [0.3, 0.4) is 0 Å². The van der Waals surface area contributed by atoms with E-state index in [1.165, 1.54) is 0 Å². The lowest BCUT2D eigenvalue weighted by Crippen LogP contribution is -2.37. The largest absolute Gasteiger partial charge is 0.490 e. The molecule has 1 aliphatic heterocycles. The van der Waals surface area contributed by atoms with Gasteiger partial charge < -0.3 is 14.2 Å². The molecule has 206 valence electrons. The number of benzene rings is 2. The van der Waals surface area contributed by atoms with Crippen molar-refractivity contribution in [3.05, 3.63) is 80.2 Å². The molecule has 0 aromatic heterocycles. The molecule has 0 spiro atoms. The summed E-state index contributed by atoms with van der Waals surface area (Å²) >= 11 is 12.4. The minimum absolute atomic E-state index is 0.0334. The van der Waals surface area contributed by atoms with Crippen LogP contribution in [-0.2, 0) is 20.9 Å². The van der Waals surface area contributed by atoms with Gasteiger partial charge in [-0.1, -0.05) is 63.0 Å². The van der Waals surface area contributed by atoms with Gasteiger partial charge in [0.2, 0.25) is 0 Å². The summed E-state index contributed by atoms with van der Waals surface area (Å²) in [6.45, 7) is 10.9. The Hall–Kier alpha value is -2.76. The van der Waals surface area contributed by atoms with Crippen LogP contribution in [0.15, 0.2) is 59.1 Å². The summed E-state index contributed by atoms with van der Waals surface area (Å²) in [5, 5.41) is 1.08. The Kier molecular flexibility index (Phi) is 7.36. The van der Waals surface area contributed by atoms with Gasteiger partial charge in [0.1, 0.15) is 18.1 Å². The van der Waals surface area contributed by atoms with Gasteiger partial charge in [0.15, 0.2) is 23.1 Å². The maximum Gasteiger partial charge on any atom is 0.163 e. The van der Waals surface area contributed by atoms with Gasteiger partial charge in [-0.2, -0.15) is 0 Å². The van der Waals surface area contributed by atoms with Gasteiger partial charge in [0, 0.05) is 58.4 Å². The second kappa shape index (κ2) is 10.3. The summed E-state index contributed by atoms with van der Waals surface area (Å²) in [7, 11) is 0. The van der Waals surface area contributed by atoms with Crippen LogP contribution in [0, 0.1) is 10.8 Å². The number of ketones is 2. The van der Waals surface area contributed by atoms with Crippen LogP contribution < -0.4 is 9.47 Å². The lowest BCUT2D eigenvalue weighted by atomic mass is 9.65. The van der Waals surface area contributed by atoms with Crippen LogP contribution in [0.5, 0.6) is 11.5 Å². The van der Waals surface area contributed by atoms with Gasteiger partial charge in [-0.3, -0.25) is 9.59 Å². The molecule has 0 amide bonds. The number of rotatable bonds is 6. The van der Waals surface area contributed by atoms with Crippen molar-refractivity contribution < 1.29 is 23.8 Å². The molecule has 0 saturated carbocycles. The molecule has 2 aliphatic carbocycles. The van der Waals surface area contributed by atoms with E-state index in [-0.39, 0.29) is 29.0 Å². The summed E-state index contributed by atoms with van der Waals surface area (Å²) in [6.07, 6.45) is 2.12. The Bertz CT molecular complexity index is 1360. The average molecular weight is 570 g/mol. The molecule has 0 bridgehead atoms. The zero-order valence-electron chi connectivity index (χ0n) is 23.1. The molecule has 0 atom stereocenters. The molecule has 1 heterocycles. The lowest BCUT2D eigenvalue weighted by molar-refractivity contribution is -0.120. The topological polar surface area (TPSA) is 61.8 Å². The highest BCUT2D eigenvalue weighted by molar-refractivity contribution is 6.35. The molecule has 2 aromatic carbocycles. The van der Waals surface area contributed by atoms with Crippen molar-refractivity contribution in [3.8, 4) is 11.5 Å². The van der Waals surface area contributed by atoms with Crippen molar-refractivity contribution in [2.24, 2.45) is 10.8 Å². The van der Waals surface area contributed by atoms with E-state index >= 15 is 0 Å². The van der Waals surface area contributed by atoms with E-state index in [9.17, 15) is 9.59 Å². The fraction of sp³-hybridized carbons (Fsp3) is 0.438. The normalized spacial score (nSPS) is 20.4. The van der Waals surface area contributed by atoms with Crippen LogP contribution in [-0.4, -0.2) is 18.2 Å². The van der Waals surface area contributed by atoms with E-state index in [0.717, 1.165) is 11.1 Å². The minimum Gasteiger partial charge on any atom is -0.490 e. The molecule has 3 aliphatic rings. The first kappa shape index (κ1) is 27.8. The summed E-state index contributed by atoms with van der Waals surface area (Å²) in [5.74, 6) is 2.06. The number of allylic oxidation sites excluding steroid dienone is 4. The Morgan fingerprint density at radius 2 is 1.44 bits per heavy atom. The SMILES string of the molecule is CCOc1cc(C2C3=C(CC(C)(C)CC3=O)OC3=C2C(=O)CC(C)(C)C3)ccc1OCc1ccc(Cl)cc1Cl. The third-order valence-corrected chi connectivity index (χ3v) is 8.17. The third-order valence-electron chi connectivity index (χ3n) is 7.58. The number of hydrogen-bond donors (Lipinski definition) is 0. The van der Waals surface area contributed by atoms with Gasteiger partial charge >= 0.3 is 0 Å². The van der Waals surface area contributed by atoms with E-state index in [1.54, 1.807) is 12.1 Å². The molecule has 0 N–H and O–H groups in total. The van der Waals surface area contributed by atoms with Crippen LogP contribution >= 0.6 is 23.2 Å². The van der Waals surface area contributed by atoms with Gasteiger partial charge in [0.05, 0.1) is 6.61 Å². The third kappa shape index (κ3) is 5.62. The van der Waals surface area contributed by atoms with Crippen molar-refractivity contribution in [2.75, 3.05) is 6.61 Å². The van der Waals surface area contributed by atoms with Crippen LogP contribution in [0.1, 0.15) is 77.3 Å². The smallest absolute Gasteiger partial charge is 0.163 e. The molecule has 2 aromatic rings. The molecule has 0 unspecified atom stereocenters.